The van der Waals surface area contributed by atoms with Crippen LogP contribution in [-0.2, 0) is 33.8 Å². The predicted molar refractivity (Wildman–Crippen MR) is 136 cm³/mol. The first-order chi connectivity index (χ1) is 18.9. The summed E-state index contributed by atoms with van der Waals surface area (Å²) in [5.41, 5.74) is 0.0619. The van der Waals surface area contributed by atoms with Crippen LogP contribution in [0, 0.1) is 0 Å². The fraction of sp³-hybridized carbons (Fsp3) is 0.250. The largest absolute Gasteiger partial charge is 0.456 e. The molecule has 0 aliphatic rings. The van der Waals surface area contributed by atoms with Gasteiger partial charge in [-0.05, 0) is 34.0 Å². The lowest BCUT2D eigenvalue weighted by atomic mass is 9.85. The number of rotatable bonds is 8. The van der Waals surface area contributed by atoms with E-state index in [0.29, 0.717) is 16.7 Å². The lowest BCUT2D eigenvalue weighted by molar-refractivity contribution is -0.330. The Morgan fingerprint density at radius 2 is 1.20 bits per heavy atom. The maximum Gasteiger partial charge on any atom is 0.456 e. The van der Waals surface area contributed by atoms with E-state index in [0.717, 1.165) is 24.3 Å². The molecule has 1 N–H and O–H groups in total. The Morgan fingerprint density at radius 1 is 0.756 bits per heavy atom. The number of carbonyl (C=O) groups is 2. The number of fused-ring (bicyclic) bond motifs is 1. The molecule has 3 rings (SSSR count). The number of esters is 2. The number of benzene rings is 3. The average molecular weight is 594 g/mol. The highest BCUT2D eigenvalue weighted by Gasteiger charge is 2.82. The summed E-state index contributed by atoms with van der Waals surface area (Å²) in [6.45, 7) is 0. The van der Waals surface area contributed by atoms with Crippen molar-refractivity contribution >= 4 is 56.4 Å². The molecule has 0 fully saturated rings. The van der Waals surface area contributed by atoms with Crippen molar-refractivity contribution in [1.29, 1.82) is 0 Å². The lowest BCUT2D eigenvalue weighted by Crippen LogP contribution is -2.64. The molecular weight excluding hydrogens is 579 g/mol. The lowest BCUT2D eigenvalue weighted by Gasteiger charge is -2.33. The smallest absolute Gasteiger partial charge is 0.422 e. The molecule has 0 saturated heterocycles. The summed E-state index contributed by atoms with van der Waals surface area (Å²) in [7, 11) is 9.99. The molecule has 0 aliphatic carbocycles. The summed E-state index contributed by atoms with van der Waals surface area (Å²) in [6, 6.07) is 9.41. The molecule has 41 heavy (non-hydrogen) atoms. The maximum absolute atomic E-state index is 13.5. The summed E-state index contributed by atoms with van der Waals surface area (Å²) in [5.74, 6) is -3.48. The topological polar surface area (TPSA) is 107 Å². The van der Waals surface area contributed by atoms with Crippen molar-refractivity contribution in [2.75, 3.05) is 0 Å². The number of hydrogen-bond acceptors (Lipinski definition) is 6. The van der Waals surface area contributed by atoms with Gasteiger partial charge in [0.1, 0.15) is 5.75 Å². The van der Waals surface area contributed by atoms with Crippen molar-refractivity contribution in [2.45, 2.75) is 36.2 Å². The standard InChI is InChI=1S/C24H15B3F6O7S/c25-9-12-7-13(10-26)19(14(8-12)11-27)39-20(34)17-5-1-4-16-15(17)3-2-6-18(16)21(35)40-22(23(28,29)30,24(31,32)33)41(36,37)38/h1-8H,9-11H2,(H,36,37,38). The summed E-state index contributed by atoms with van der Waals surface area (Å²) < 4.78 is 122. The van der Waals surface area contributed by atoms with Crippen molar-refractivity contribution in [3.05, 3.63) is 76.3 Å². The van der Waals surface area contributed by atoms with Gasteiger partial charge in [-0.3, -0.25) is 4.55 Å². The molecule has 7 nitrogen and oxygen atoms in total. The third kappa shape index (κ3) is 5.82. The molecule has 0 bridgehead atoms. The zero-order valence-electron chi connectivity index (χ0n) is 20.5. The molecule has 0 saturated carbocycles. The fourth-order valence-electron chi connectivity index (χ4n) is 4.00. The van der Waals surface area contributed by atoms with Gasteiger partial charge in [0.05, 0.1) is 34.7 Å². The van der Waals surface area contributed by atoms with Crippen LogP contribution in [0.4, 0.5) is 26.3 Å². The van der Waals surface area contributed by atoms with E-state index >= 15 is 0 Å². The first-order valence-corrected chi connectivity index (χ1v) is 12.7. The number of alkyl halides is 6. The summed E-state index contributed by atoms with van der Waals surface area (Å²) in [5, 5.41) is -0.595. The fourth-order valence-corrected chi connectivity index (χ4v) is 4.77. The van der Waals surface area contributed by atoms with E-state index in [4.69, 9.17) is 32.8 Å². The van der Waals surface area contributed by atoms with E-state index < -0.39 is 50.3 Å². The van der Waals surface area contributed by atoms with Crippen LogP contribution in [0.15, 0.2) is 48.5 Å². The normalized spacial score (nSPS) is 12.8. The Balaban J connectivity index is 2.13. The van der Waals surface area contributed by atoms with Gasteiger partial charge in [0.25, 0.3) is 0 Å². The predicted octanol–water partition coefficient (Wildman–Crippen LogP) is 3.93. The van der Waals surface area contributed by atoms with Crippen LogP contribution in [0.3, 0.4) is 0 Å². The van der Waals surface area contributed by atoms with Gasteiger partial charge in [0.2, 0.25) is 0 Å². The van der Waals surface area contributed by atoms with E-state index in [2.05, 4.69) is 4.74 Å². The number of halogens is 6. The minimum Gasteiger partial charge on any atom is -0.422 e. The molecule has 3 aromatic carbocycles. The van der Waals surface area contributed by atoms with Gasteiger partial charge >= 0.3 is 39.3 Å². The van der Waals surface area contributed by atoms with Crippen LogP contribution in [0.1, 0.15) is 37.4 Å². The third-order valence-electron chi connectivity index (χ3n) is 5.88. The minimum absolute atomic E-state index is 0.00180. The molecule has 0 atom stereocenters. The highest BCUT2D eigenvalue weighted by Crippen LogP contribution is 2.49. The Bertz CT molecular complexity index is 1570. The summed E-state index contributed by atoms with van der Waals surface area (Å²) in [6.07, 6.45) is -13.7. The van der Waals surface area contributed by atoms with E-state index in [-0.39, 0.29) is 35.7 Å². The van der Waals surface area contributed by atoms with Gasteiger partial charge < -0.3 is 9.47 Å². The van der Waals surface area contributed by atoms with E-state index in [1.807, 2.05) is 0 Å². The molecule has 0 aliphatic heterocycles. The Morgan fingerprint density at radius 3 is 1.56 bits per heavy atom. The zero-order valence-corrected chi connectivity index (χ0v) is 21.4. The second kappa shape index (κ2) is 11.4. The number of carbonyl (C=O) groups excluding carboxylic acids is 2. The van der Waals surface area contributed by atoms with Crippen LogP contribution in [0.25, 0.3) is 10.8 Å². The van der Waals surface area contributed by atoms with Crippen LogP contribution in [-0.4, -0.2) is 65.7 Å². The Labute approximate surface area is 233 Å². The monoisotopic (exact) mass is 594 g/mol. The van der Waals surface area contributed by atoms with Gasteiger partial charge in [-0.1, -0.05) is 60.9 Å². The average Bonchev–Trinajstić information content (AvgIpc) is 2.88. The van der Waals surface area contributed by atoms with Crippen molar-refractivity contribution in [3.8, 4) is 5.75 Å². The van der Waals surface area contributed by atoms with Crippen LogP contribution in [0.2, 0.25) is 0 Å². The van der Waals surface area contributed by atoms with E-state index in [1.54, 1.807) is 12.1 Å². The second-order valence-corrected chi connectivity index (χ2v) is 9.95. The number of ether oxygens (including phenoxy) is 2. The van der Waals surface area contributed by atoms with E-state index in [9.17, 15) is 44.3 Å². The molecular formula is C24H15B3F6O7S. The van der Waals surface area contributed by atoms with Gasteiger partial charge in [-0.15, -0.1) is 0 Å². The van der Waals surface area contributed by atoms with E-state index in [1.165, 1.54) is 12.1 Å². The first-order valence-electron chi connectivity index (χ1n) is 11.3. The van der Waals surface area contributed by atoms with Crippen LogP contribution < -0.4 is 4.74 Å². The molecule has 0 amide bonds. The van der Waals surface area contributed by atoms with Crippen molar-refractivity contribution in [1.82, 2.24) is 0 Å². The highest BCUT2D eigenvalue weighted by molar-refractivity contribution is 7.87. The van der Waals surface area contributed by atoms with Gasteiger partial charge in [0, 0.05) is 0 Å². The molecule has 17 heteroatoms. The minimum atomic E-state index is -7.17. The maximum atomic E-state index is 13.5. The van der Waals surface area contributed by atoms with Gasteiger partial charge in [-0.2, -0.15) is 34.8 Å². The van der Waals surface area contributed by atoms with Crippen LogP contribution in [0.5, 0.6) is 5.75 Å². The molecule has 6 radical (unpaired) electrons. The van der Waals surface area contributed by atoms with Crippen molar-refractivity contribution < 1.29 is 58.4 Å². The van der Waals surface area contributed by atoms with Crippen molar-refractivity contribution in [2.24, 2.45) is 0 Å². The molecule has 0 spiro atoms. The van der Waals surface area contributed by atoms with Crippen LogP contribution >= 0.6 is 0 Å². The molecule has 0 aromatic heterocycles. The Hall–Kier alpha value is -3.46. The number of hydrogen-bond donors (Lipinski definition) is 1. The van der Waals surface area contributed by atoms with Gasteiger partial charge in [0.15, 0.2) is 0 Å². The van der Waals surface area contributed by atoms with Crippen molar-refractivity contribution in [3.63, 3.8) is 0 Å². The third-order valence-corrected chi connectivity index (χ3v) is 7.15. The quantitative estimate of drug-likeness (QED) is 0.139. The summed E-state index contributed by atoms with van der Waals surface area (Å²) in [4.78, 5) is 19.5. The summed E-state index contributed by atoms with van der Waals surface area (Å²) >= 11 is 0. The first kappa shape index (κ1) is 32.1. The Kier molecular flexibility index (Phi) is 8.94. The zero-order chi connectivity index (χ0) is 31.0. The highest BCUT2D eigenvalue weighted by atomic mass is 32.2. The molecule has 0 heterocycles. The SMILES string of the molecule is [B]Cc1cc(C[B])c(OC(=O)c2cccc3c(C(=O)OC(C(F)(F)F)(C(F)(F)F)S(=O)(=O)O)cccc23)c(C[B])c1. The molecule has 210 valence electrons. The molecule has 3 aromatic rings. The second-order valence-electron chi connectivity index (χ2n) is 8.43. The van der Waals surface area contributed by atoms with Gasteiger partial charge in [-0.25, -0.2) is 9.59 Å². The molecule has 0 unspecified atom stereocenters.